The van der Waals surface area contributed by atoms with Crippen molar-refractivity contribution in [3.63, 3.8) is 0 Å². The first-order valence-corrected chi connectivity index (χ1v) is 31.9. The molecule has 0 aromatic heterocycles. The Morgan fingerprint density at radius 1 is 0.441 bits per heavy atom. The first-order valence-electron chi connectivity index (χ1n) is 30.4. The van der Waals surface area contributed by atoms with Crippen LogP contribution in [-0.4, -0.2) is 73.4 Å². The summed E-state index contributed by atoms with van der Waals surface area (Å²) in [6, 6.07) is -0.754. The minimum Gasteiger partial charge on any atom is -0.391 e. The molecule has 0 aliphatic rings. The minimum absolute atomic E-state index is 0.0788. The fraction of sp³-hybridized carbons (Fsp3) is 0.983. The number of aliphatic hydroxyl groups excluding tert-OH is 1. The van der Waals surface area contributed by atoms with Crippen molar-refractivity contribution in [2.24, 2.45) is 0 Å². The quantitative estimate of drug-likeness (QED) is 0.0319. The van der Waals surface area contributed by atoms with Gasteiger partial charge in [0, 0.05) is 6.42 Å². The Morgan fingerprint density at radius 2 is 0.706 bits per heavy atom. The lowest BCUT2D eigenvalue weighted by molar-refractivity contribution is -0.870. The van der Waals surface area contributed by atoms with Crippen LogP contribution in [0.1, 0.15) is 322 Å². The molecule has 0 bridgehead atoms. The Balaban J connectivity index is 3.87. The van der Waals surface area contributed by atoms with Crippen molar-refractivity contribution in [2.75, 3.05) is 40.9 Å². The van der Waals surface area contributed by atoms with Gasteiger partial charge < -0.3 is 19.8 Å². The van der Waals surface area contributed by atoms with Crippen molar-refractivity contribution in [1.29, 1.82) is 0 Å². The fourth-order valence-electron chi connectivity index (χ4n) is 9.58. The summed E-state index contributed by atoms with van der Waals surface area (Å²) in [6.45, 7) is 4.93. The molecule has 408 valence electrons. The number of carbonyl (C=O) groups excluding carboxylic acids is 1. The van der Waals surface area contributed by atoms with E-state index in [0.717, 1.165) is 38.5 Å². The van der Waals surface area contributed by atoms with Crippen molar-refractivity contribution >= 4 is 13.7 Å². The van der Waals surface area contributed by atoms with Gasteiger partial charge in [-0.1, -0.05) is 303 Å². The second kappa shape index (κ2) is 51.4. The van der Waals surface area contributed by atoms with Crippen LogP contribution in [0.3, 0.4) is 0 Å². The van der Waals surface area contributed by atoms with Crippen molar-refractivity contribution < 1.29 is 32.9 Å². The van der Waals surface area contributed by atoms with Gasteiger partial charge in [0.15, 0.2) is 0 Å². The van der Waals surface area contributed by atoms with E-state index >= 15 is 0 Å². The molecule has 9 heteroatoms. The van der Waals surface area contributed by atoms with Gasteiger partial charge in [-0.15, -0.1) is 0 Å². The number of phosphoric acid groups is 1. The summed E-state index contributed by atoms with van der Waals surface area (Å²) < 4.78 is 23.7. The summed E-state index contributed by atoms with van der Waals surface area (Å²) in [5.41, 5.74) is 0. The van der Waals surface area contributed by atoms with Gasteiger partial charge in [0.1, 0.15) is 13.2 Å². The van der Waals surface area contributed by atoms with Gasteiger partial charge in [-0.3, -0.25) is 13.8 Å². The number of nitrogens with zero attached hydrogens (tertiary/aromatic N) is 1. The van der Waals surface area contributed by atoms with Crippen LogP contribution in [0.2, 0.25) is 0 Å². The van der Waals surface area contributed by atoms with Gasteiger partial charge in [0.05, 0.1) is 39.9 Å². The molecule has 68 heavy (non-hydrogen) atoms. The van der Waals surface area contributed by atoms with Crippen molar-refractivity contribution in [1.82, 2.24) is 5.32 Å². The van der Waals surface area contributed by atoms with Gasteiger partial charge in [0.2, 0.25) is 5.91 Å². The van der Waals surface area contributed by atoms with Crippen LogP contribution < -0.4 is 5.32 Å². The normalized spacial score (nSPS) is 13.8. The molecule has 0 rings (SSSR count). The lowest BCUT2D eigenvalue weighted by atomic mass is 10.0. The average Bonchev–Trinajstić information content (AvgIpc) is 3.30. The second-order valence-corrected chi connectivity index (χ2v) is 23.9. The molecule has 3 unspecified atom stereocenters. The number of aliphatic hydroxyl groups is 1. The molecule has 0 aromatic rings. The SMILES string of the molecule is CCCCCCCCCCCCCCCCCCCCCCCCCCCCCCCCCCCCC(=O)NC(COP(=O)(O)OCC[N+](C)(C)C)C(O)CCCCCCCCCCCCCC. The highest BCUT2D eigenvalue weighted by Gasteiger charge is 2.28. The maximum absolute atomic E-state index is 13.0. The van der Waals surface area contributed by atoms with Gasteiger partial charge >= 0.3 is 7.82 Å². The predicted molar refractivity (Wildman–Crippen MR) is 296 cm³/mol. The molecule has 0 fully saturated rings. The highest BCUT2D eigenvalue weighted by Crippen LogP contribution is 2.43. The third-order valence-corrected chi connectivity index (χ3v) is 15.3. The number of amides is 1. The lowest BCUT2D eigenvalue weighted by Gasteiger charge is -2.26. The van der Waals surface area contributed by atoms with Crippen LogP contribution in [0.25, 0.3) is 0 Å². The van der Waals surface area contributed by atoms with E-state index in [2.05, 4.69) is 19.2 Å². The van der Waals surface area contributed by atoms with Crippen LogP contribution in [-0.2, 0) is 18.4 Å². The minimum atomic E-state index is -4.31. The number of phosphoric ester groups is 1. The van der Waals surface area contributed by atoms with E-state index in [9.17, 15) is 19.4 Å². The summed E-state index contributed by atoms with van der Waals surface area (Å²) in [5, 5.41) is 14.0. The van der Waals surface area contributed by atoms with E-state index < -0.39 is 20.0 Å². The molecular formula is C59H122N2O6P+. The van der Waals surface area contributed by atoms with Crippen molar-refractivity contribution in [2.45, 2.75) is 334 Å². The first kappa shape index (κ1) is 67.5. The van der Waals surface area contributed by atoms with Gasteiger partial charge in [-0.05, 0) is 12.8 Å². The summed E-state index contributed by atoms with van der Waals surface area (Å²) >= 11 is 0. The van der Waals surface area contributed by atoms with E-state index in [4.69, 9.17) is 9.05 Å². The van der Waals surface area contributed by atoms with Gasteiger partial charge in [-0.25, -0.2) is 4.57 Å². The number of carbonyl (C=O) groups is 1. The van der Waals surface area contributed by atoms with Gasteiger partial charge in [0.25, 0.3) is 0 Å². The monoisotopic (exact) mass is 986 g/mol. The third kappa shape index (κ3) is 53.3. The Morgan fingerprint density at radius 3 is 0.985 bits per heavy atom. The van der Waals surface area contributed by atoms with Crippen molar-refractivity contribution in [3.8, 4) is 0 Å². The number of nitrogens with one attached hydrogen (secondary N) is 1. The van der Waals surface area contributed by atoms with Crippen LogP contribution in [0, 0.1) is 0 Å². The molecule has 8 nitrogen and oxygen atoms in total. The number of hydrogen-bond donors (Lipinski definition) is 3. The average molecular weight is 987 g/mol. The largest absolute Gasteiger partial charge is 0.472 e. The Bertz CT molecular complexity index is 1070. The topological polar surface area (TPSA) is 105 Å². The van der Waals surface area contributed by atoms with Crippen LogP contribution in [0.5, 0.6) is 0 Å². The fourth-order valence-corrected chi connectivity index (χ4v) is 10.3. The maximum Gasteiger partial charge on any atom is 0.472 e. The molecule has 0 radical (unpaired) electrons. The molecule has 0 aromatic carbocycles. The number of unbranched alkanes of at least 4 members (excludes halogenated alkanes) is 44. The van der Waals surface area contributed by atoms with E-state index in [1.807, 2.05) is 21.1 Å². The molecular weight excluding hydrogens is 864 g/mol. The van der Waals surface area contributed by atoms with Crippen LogP contribution >= 0.6 is 7.82 Å². The summed E-state index contributed by atoms with van der Waals surface area (Å²) in [7, 11) is 1.63. The molecule has 0 saturated heterocycles. The zero-order chi connectivity index (χ0) is 49.9. The van der Waals surface area contributed by atoms with Gasteiger partial charge in [-0.2, -0.15) is 0 Å². The van der Waals surface area contributed by atoms with E-state index in [0.29, 0.717) is 23.9 Å². The number of hydrogen-bond acceptors (Lipinski definition) is 5. The highest BCUT2D eigenvalue weighted by atomic mass is 31.2. The molecule has 0 saturated carbocycles. The van der Waals surface area contributed by atoms with Crippen molar-refractivity contribution in [3.05, 3.63) is 0 Å². The Kier molecular flexibility index (Phi) is 51.0. The standard InChI is InChI=1S/C59H121N2O6P/c1-6-8-10-12-14-16-18-20-21-22-23-24-25-26-27-28-29-30-31-32-33-34-35-36-37-38-39-40-41-43-45-47-49-51-53-59(63)60-57(56-67-68(64,65)66-55-54-61(3,4)5)58(62)52-50-48-46-44-42-19-17-15-13-11-9-7-2/h57-58,62H,6-56H2,1-5H3,(H-,60,63,64,65)/p+1. The van der Waals surface area contributed by atoms with E-state index in [1.54, 1.807) is 0 Å². The number of likely N-dealkylation sites (N-methyl/N-ethyl adjacent to an activating group) is 1. The van der Waals surface area contributed by atoms with Crippen LogP contribution in [0.15, 0.2) is 0 Å². The predicted octanol–water partition coefficient (Wildman–Crippen LogP) is 18.4. The molecule has 0 aliphatic heterocycles. The zero-order valence-electron chi connectivity index (χ0n) is 46.6. The first-order chi connectivity index (χ1) is 33.0. The number of quaternary nitrogens is 1. The highest BCUT2D eigenvalue weighted by molar-refractivity contribution is 7.47. The molecule has 0 spiro atoms. The smallest absolute Gasteiger partial charge is 0.391 e. The molecule has 1 amide bonds. The summed E-state index contributed by atoms with van der Waals surface area (Å²) in [6.07, 6.45) is 61.9. The van der Waals surface area contributed by atoms with Crippen LogP contribution in [0.4, 0.5) is 0 Å². The lowest BCUT2D eigenvalue weighted by Crippen LogP contribution is -2.46. The van der Waals surface area contributed by atoms with E-state index in [-0.39, 0.29) is 19.1 Å². The Hall–Kier alpha value is -0.500. The molecule has 0 heterocycles. The molecule has 3 atom stereocenters. The third-order valence-electron chi connectivity index (χ3n) is 14.4. The zero-order valence-corrected chi connectivity index (χ0v) is 47.5. The number of rotatable bonds is 57. The Labute approximate surface area is 425 Å². The summed E-state index contributed by atoms with van der Waals surface area (Å²) in [4.78, 5) is 23.3. The molecule has 0 aliphatic carbocycles. The molecule has 3 N–H and O–H groups in total. The summed E-state index contributed by atoms with van der Waals surface area (Å²) in [5.74, 6) is -0.137. The maximum atomic E-state index is 13.0. The second-order valence-electron chi connectivity index (χ2n) is 22.4. The van der Waals surface area contributed by atoms with E-state index in [1.165, 1.54) is 257 Å².